The first-order chi connectivity index (χ1) is 14.2. The summed E-state index contributed by atoms with van der Waals surface area (Å²) >= 11 is 0. The predicted molar refractivity (Wildman–Crippen MR) is 135 cm³/mol. The number of guanidine groups is 1. The lowest BCUT2D eigenvalue weighted by Crippen LogP contribution is -2.52. The average molecular weight is 530 g/mol. The van der Waals surface area contributed by atoms with Crippen LogP contribution in [0.25, 0.3) is 0 Å². The maximum atomic E-state index is 5.51. The predicted octanol–water partition coefficient (Wildman–Crippen LogP) is 2.71. The molecule has 7 nitrogen and oxygen atoms in total. The summed E-state index contributed by atoms with van der Waals surface area (Å²) in [4.78, 5) is 13.9. The highest BCUT2D eigenvalue weighted by molar-refractivity contribution is 14.0. The third kappa shape index (κ3) is 7.53. The molecule has 0 amide bonds. The van der Waals surface area contributed by atoms with Crippen LogP contribution in [0.3, 0.4) is 0 Å². The number of aromatic nitrogens is 1. The Kier molecular flexibility index (Phi) is 11.2. The molecule has 2 aliphatic rings. The molecule has 8 heteroatoms. The van der Waals surface area contributed by atoms with Crippen LogP contribution in [0.15, 0.2) is 23.3 Å². The van der Waals surface area contributed by atoms with Gasteiger partial charge in [0.05, 0.1) is 13.2 Å². The summed E-state index contributed by atoms with van der Waals surface area (Å²) in [5, 5.41) is 6.99. The highest BCUT2D eigenvalue weighted by Gasteiger charge is 2.23. The second-order valence-corrected chi connectivity index (χ2v) is 8.34. The zero-order valence-corrected chi connectivity index (χ0v) is 21.1. The Labute approximate surface area is 199 Å². The molecule has 2 fully saturated rings. The van der Waals surface area contributed by atoms with Gasteiger partial charge in [-0.25, -0.2) is 4.98 Å². The fourth-order valence-corrected chi connectivity index (χ4v) is 4.17. The molecule has 1 atom stereocenters. The van der Waals surface area contributed by atoms with Crippen molar-refractivity contribution in [3.05, 3.63) is 23.9 Å². The molecule has 2 saturated heterocycles. The normalized spacial score (nSPS) is 19.3. The van der Waals surface area contributed by atoms with E-state index in [-0.39, 0.29) is 24.0 Å². The number of nitrogens with zero attached hydrogens (tertiary/aromatic N) is 4. The number of morpholine rings is 1. The first-order valence-corrected chi connectivity index (χ1v) is 11.1. The van der Waals surface area contributed by atoms with E-state index < -0.39 is 0 Å². The second kappa shape index (κ2) is 13.3. The van der Waals surface area contributed by atoms with Crippen LogP contribution in [-0.4, -0.2) is 74.9 Å². The number of nitrogens with one attached hydrogen (secondary N) is 2. The molecule has 2 N–H and O–H groups in total. The molecule has 0 bridgehead atoms. The average Bonchev–Trinajstić information content (AvgIpc) is 2.77. The van der Waals surface area contributed by atoms with Crippen LogP contribution in [0.1, 0.15) is 38.7 Å². The second-order valence-electron chi connectivity index (χ2n) is 8.34. The first-order valence-electron chi connectivity index (χ1n) is 11.1. The van der Waals surface area contributed by atoms with Crippen molar-refractivity contribution in [2.45, 2.75) is 45.7 Å². The lowest BCUT2D eigenvalue weighted by atomic mass is 10.0. The summed E-state index contributed by atoms with van der Waals surface area (Å²) in [6, 6.07) is 4.76. The highest BCUT2D eigenvalue weighted by atomic mass is 127. The molecule has 30 heavy (non-hydrogen) atoms. The zero-order valence-electron chi connectivity index (χ0n) is 18.8. The van der Waals surface area contributed by atoms with Crippen molar-refractivity contribution in [3.8, 4) is 0 Å². The molecule has 0 radical (unpaired) electrons. The van der Waals surface area contributed by atoms with Crippen LogP contribution in [0, 0.1) is 5.92 Å². The minimum Gasteiger partial charge on any atom is -0.379 e. The number of hydrogen-bond acceptors (Lipinski definition) is 5. The molecule has 1 aromatic rings. The van der Waals surface area contributed by atoms with Crippen LogP contribution in [0.4, 0.5) is 5.82 Å². The van der Waals surface area contributed by atoms with E-state index in [0.29, 0.717) is 12.0 Å². The smallest absolute Gasteiger partial charge is 0.191 e. The molecule has 3 rings (SSSR count). The number of aliphatic imine (C=N–C) groups is 1. The SMILES string of the molecule is CN=C(NCc1ccnc(N2CCCCC2)c1)NCC(C(C)C)N1CCOCC1.I. The van der Waals surface area contributed by atoms with Crippen molar-refractivity contribution in [2.75, 3.05) is 57.9 Å². The van der Waals surface area contributed by atoms with Gasteiger partial charge in [-0.1, -0.05) is 13.8 Å². The van der Waals surface area contributed by atoms with E-state index in [4.69, 9.17) is 4.74 Å². The summed E-state index contributed by atoms with van der Waals surface area (Å²) in [7, 11) is 1.83. The van der Waals surface area contributed by atoms with Gasteiger partial charge < -0.3 is 20.3 Å². The molecule has 3 heterocycles. The lowest BCUT2D eigenvalue weighted by Gasteiger charge is -2.37. The first kappa shape index (κ1) is 25.1. The van der Waals surface area contributed by atoms with Gasteiger partial charge in [-0.2, -0.15) is 0 Å². The van der Waals surface area contributed by atoms with Crippen molar-refractivity contribution in [1.82, 2.24) is 20.5 Å². The Bertz CT molecular complexity index is 644. The number of rotatable bonds is 7. The van der Waals surface area contributed by atoms with E-state index in [1.807, 2.05) is 13.2 Å². The van der Waals surface area contributed by atoms with Crippen LogP contribution >= 0.6 is 24.0 Å². The molecule has 1 aromatic heterocycles. The molecule has 0 aliphatic carbocycles. The van der Waals surface area contributed by atoms with Gasteiger partial charge in [0.2, 0.25) is 0 Å². The van der Waals surface area contributed by atoms with Gasteiger partial charge in [0, 0.05) is 58.6 Å². The molecule has 170 valence electrons. The Hall–Kier alpha value is -1.13. The fraction of sp³-hybridized carbons (Fsp3) is 0.727. The van der Waals surface area contributed by atoms with E-state index in [0.717, 1.165) is 64.3 Å². The number of hydrogen-bond donors (Lipinski definition) is 2. The number of pyridine rings is 1. The molecule has 0 spiro atoms. The fourth-order valence-electron chi connectivity index (χ4n) is 4.17. The quantitative estimate of drug-likeness (QED) is 0.321. The Balaban J connectivity index is 0.00000320. The number of piperidine rings is 1. The monoisotopic (exact) mass is 530 g/mol. The minimum absolute atomic E-state index is 0. The third-order valence-corrected chi connectivity index (χ3v) is 5.94. The van der Waals surface area contributed by atoms with E-state index in [1.54, 1.807) is 0 Å². The van der Waals surface area contributed by atoms with Gasteiger partial charge in [-0.3, -0.25) is 9.89 Å². The lowest BCUT2D eigenvalue weighted by molar-refractivity contribution is 0.00752. The largest absolute Gasteiger partial charge is 0.379 e. The topological polar surface area (TPSA) is 65.0 Å². The van der Waals surface area contributed by atoms with Crippen LogP contribution < -0.4 is 15.5 Å². The number of halogens is 1. The van der Waals surface area contributed by atoms with Gasteiger partial charge in [-0.15, -0.1) is 24.0 Å². The van der Waals surface area contributed by atoms with Gasteiger partial charge in [0.25, 0.3) is 0 Å². The number of ether oxygens (including phenoxy) is 1. The zero-order chi connectivity index (χ0) is 20.5. The standard InChI is InChI=1S/C22H38N6O.HI/c1-18(2)20(27-11-13-29-14-12-27)17-26-22(23-3)25-16-19-7-8-24-21(15-19)28-9-5-4-6-10-28;/h7-8,15,18,20H,4-6,9-14,16-17H2,1-3H3,(H2,23,25,26);1H. The van der Waals surface area contributed by atoms with E-state index in [2.05, 4.69) is 56.4 Å². The summed E-state index contributed by atoms with van der Waals surface area (Å²) in [5.41, 5.74) is 1.23. The minimum atomic E-state index is 0. The van der Waals surface area contributed by atoms with Gasteiger partial charge >= 0.3 is 0 Å². The molecule has 0 aromatic carbocycles. The van der Waals surface area contributed by atoms with Crippen molar-refractivity contribution in [3.63, 3.8) is 0 Å². The third-order valence-electron chi connectivity index (χ3n) is 5.94. The summed E-state index contributed by atoms with van der Waals surface area (Å²) < 4.78 is 5.51. The number of anilines is 1. The Morgan fingerprint density at radius 3 is 2.53 bits per heavy atom. The summed E-state index contributed by atoms with van der Waals surface area (Å²) in [5.74, 6) is 2.52. The van der Waals surface area contributed by atoms with Crippen LogP contribution in [0.2, 0.25) is 0 Å². The van der Waals surface area contributed by atoms with Crippen LogP contribution in [0.5, 0.6) is 0 Å². The highest BCUT2D eigenvalue weighted by Crippen LogP contribution is 2.18. The van der Waals surface area contributed by atoms with Crippen molar-refractivity contribution in [2.24, 2.45) is 10.9 Å². The van der Waals surface area contributed by atoms with Gasteiger partial charge in [0.1, 0.15) is 5.82 Å². The Morgan fingerprint density at radius 1 is 1.13 bits per heavy atom. The molecule has 0 saturated carbocycles. The van der Waals surface area contributed by atoms with Gasteiger partial charge in [-0.05, 0) is 42.9 Å². The maximum absolute atomic E-state index is 5.51. The van der Waals surface area contributed by atoms with Crippen molar-refractivity contribution >= 4 is 35.8 Å². The van der Waals surface area contributed by atoms with E-state index in [1.165, 1.54) is 24.8 Å². The molecule has 2 aliphatic heterocycles. The summed E-state index contributed by atoms with van der Waals surface area (Å²) in [6.45, 7) is 12.1. The molecular formula is C22H39IN6O. The van der Waals surface area contributed by atoms with Crippen molar-refractivity contribution in [1.29, 1.82) is 0 Å². The summed E-state index contributed by atoms with van der Waals surface area (Å²) in [6.07, 6.45) is 5.79. The van der Waals surface area contributed by atoms with Gasteiger partial charge in [0.15, 0.2) is 5.96 Å². The van der Waals surface area contributed by atoms with E-state index in [9.17, 15) is 0 Å². The Morgan fingerprint density at radius 2 is 1.87 bits per heavy atom. The van der Waals surface area contributed by atoms with Crippen LogP contribution in [-0.2, 0) is 11.3 Å². The molecular weight excluding hydrogens is 491 g/mol. The van der Waals surface area contributed by atoms with E-state index >= 15 is 0 Å². The molecule has 1 unspecified atom stereocenters. The maximum Gasteiger partial charge on any atom is 0.191 e. The van der Waals surface area contributed by atoms with Crippen molar-refractivity contribution < 1.29 is 4.74 Å².